The minimum atomic E-state index is -4.29. The molecule has 0 saturated carbocycles. The highest BCUT2D eigenvalue weighted by Gasteiger charge is 2.30. The maximum absolute atomic E-state index is 12.5. The van der Waals surface area contributed by atoms with Gasteiger partial charge < -0.3 is 5.32 Å². The monoisotopic (exact) mass is 311 g/mol. The molecule has 1 atom stereocenters. The molecule has 0 spiro atoms. The lowest BCUT2D eigenvalue weighted by Gasteiger charge is -2.14. The van der Waals surface area contributed by atoms with Crippen LogP contribution < -0.4 is 5.32 Å². The van der Waals surface area contributed by atoms with Gasteiger partial charge in [-0.05, 0) is 60.4 Å². The summed E-state index contributed by atoms with van der Waals surface area (Å²) >= 11 is 5.96. The molecule has 21 heavy (non-hydrogen) atoms. The molecule has 110 valence electrons. The number of halogens is 4. The second kappa shape index (κ2) is 5.26. The molecule has 0 heterocycles. The minimum absolute atomic E-state index is 0.190. The molecule has 0 bridgehead atoms. The highest BCUT2D eigenvalue weighted by Crippen LogP contribution is 2.31. The van der Waals surface area contributed by atoms with Crippen molar-refractivity contribution in [2.75, 3.05) is 5.32 Å². The van der Waals surface area contributed by atoms with Gasteiger partial charge in [-0.1, -0.05) is 17.7 Å². The van der Waals surface area contributed by atoms with Crippen molar-refractivity contribution < 1.29 is 13.2 Å². The Morgan fingerprint density at radius 3 is 2.29 bits per heavy atom. The molecule has 1 aliphatic rings. The number of benzene rings is 2. The van der Waals surface area contributed by atoms with Gasteiger partial charge in [-0.15, -0.1) is 0 Å². The number of fused-ring (bicyclic) bond motifs is 1. The van der Waals surface area contributed by atoms with Crippen molar-refractivity contribution in [2.24, 2.45) is 0 Å². The van der Waals surface area contributed by atoms with Crippen LogP contribution in [0, 0.1) is 0 Å². The maximum Gasteiger partial charge on any atom is 0.416 e. The van der Waals surface area contributed by atoms with Gasteiger partial charge in [-0.3, -0.25) is 0 Å². The van der Waals surface area contributed by atoms with Crippen LogP contribution in [0.25, 0.3) is 0 Å². The van der Waals surface area contributed by atoms with Gasteiger partial charge in [0.1, 0.15) is 0 Å². The van der Waals surface area contributed by atoms with Crippen LogP contribution in [-0.4, -0.2) is 6.04 Å². The molecule has 1 N–H and O–H groups in total. The number of nitrogens with one attached hydrogen (secondary N) is 1. The van der Waals surface area contributed by atoms with E-state index in [2.05, 4.69) is 5.32 Å². The van der Waals surface area contributed by atoms with Crippen LogP contribution in [0.1, 0.15) is 16.7 Å². The molecule has 0 aromatic heterocycles. The summed E-state index contributed by atoms with van der Waals surface area (Å²) in [6, 6.07) is 11.1. The second-order valence-corrected chi connectivity index (χ2v) is 5.67. The smallest absolute Gasteiger partial charge is 0.382 e. The van der Waals surface area contributed by atoms with Crippen molar-refractivity contribution in [3.8, 4) is 0 Å². The Hall–Kier alpha value is -1.68. The van der Waals surface area contributed by atoms with Crippen LogP contribution >= 0.6 is 11.6 Å². The predicted molar refractivity (Wildman–Crippen MR) is 77.7 cm³/mol. The zero-order valence-corrected chi connectivity index (χ0v) is 11.8. The van der Waals surface area contributed by atoms with Crippen LogP contribution in [0.5, 0.6) is 0 Å². The van der Waals surface area contributed by atoms with Gasteiger partial charge in [0.25, 0.3) is 0 Å². The van der Waals surface area contributed by atoms with E-state index in [1.54, 1.807) is 0 Å². The van der Waals surface area contributed by atoms with Crippen LogP contribution in [-0.2, 0) is 19.0 Å². The van der Waals surface area contributed by atoms with Gasteiger partial charge in [-0.2, -0.15) is 13.2 Å². The molecular formula is C16H13ClF3N. The largest absolute Gasteiger partial charge is 0.416 e. The number of hydrogen-bond donors (Lipinski definition) is 1. The Morgan fingerprint density at radius 2 is 1.62 bits per heavy atom. The Bertz CT molecular complexity index is 650. The van der Waals surface area contributed by atoms with Crippen LogP contribution in [0.3, 0.4) is 0 Å². The van der Waals surface area contributed by atoms with Gasteiger partial charge in [0.05, 0.1) is 5.56 Å². The third-order valence-electron chi connectivity index (χ3n) is 3.68. The van der Waals surface area contributed by atoms with Gasteiger partial charge in [0, 0.05) is 16.8 Å². The first-order valence-electron chi connectivity index (χ1n) is 6.63. The fraction of sp³-hybridized carbons (Fsp3) is 0.250. The van der Waals surface area contributed by atoms with Crippen molar-refractivity contribution in [3.63, 3.8) is 0 Å². The van der Waals surface area contributed by atoms with E-state index < -0.39 is 11.7 Å². The highest BCUT2D eigenvalue weighted by atomic mass is 35.5. The maximum atomic E-state index is 12.5. The fourth-order valence-electron chi connectivity index (χ4n) is 2.68. The standard InChI is InChI=1S/C16H13ClF3N/c17-13-4-1-10-8-15(9-11(10)7-13)21-14-5-2-12(3-6-14)16(18,19)20/h1-7,15,21H,8-9H2. The van der Waals surface area contributed by atoms with Crippen molar-refractivity contribution >= 4 is 17.3 Å². The Kier molecular flexibility index (Phi) is 3.57. The topological polar surface area (TPSA) is 12.0 Å². The summed E-state index contributed by atoms with van der Waals surface area (Å²) in [6.07, 6.45) is -2.61. The molecule has 2 aromatic rings. The van der Waals surface area contributed by atoms with Gasteiger partial charge in [-0.25, -0.2) is 0 Å². The summed E-state index contributed by atoms with van der Waals surface area (Å²) in [5.41, 5.74) is 2.51. The van der Waals surface area contributed by atoms with Crippen LogP contribution in [0.2, 0.25) is 5.02 Å². The van der Waals surface area contributed by atoms with Crippen LogP contribution in [0.4, 0.5) is 18.9 Å². The Labute approximate surface area is 125 Å². The lowest BCUT2D eigenvalue weighted by atomic mass is 10.1. The van der Waals surface area contributed by atoms with E-state index in [1.165, 1.54) is 23.3 Å². The van der Waals surface area contributed by atoms with Gasteiger partial charge >= 0.3 is 6.18 Å². The summed E-state index contributed by atoms with van der Waals surface area (Å²) in [5, 5.41) is 3.99. The molecule has 0 saturated heterocycles. The average Bonchev–Trinajstić information content (AvgIpc) is 2.79. The third-order valence-corrected chi connectivity index (χ3v) is 3.92. The zero-order valence-electron chi connectivity index (χ0n) is 11.0. The molecule has 5 heteroatoms. The van der Waals surface area contributed by atoms with Crippen LogP contribution in [0.15, 0.2) is 42.5 Å². The molecule has 1 aliphatic carbocycles. The third kappa shape index (κ3) is 3.16. The number of anilines is 1. The highest BCUT2D eigenvalue weighted by molar-refractivity contribution is 6.30. The summed E-state index contributed by atoms with van der Waals surface area (Å²) in [7, 11) is 0. The zero-order chi connectivity index (χ0) is 15.0. The van der Waals surface area contributed by atoms with Crippen molar-refractivity contribution in [3.05, 3.63) is 64.2 Å². The summed E-state index contributed by atoms with van der Waals surface area (Å²) in [5.74, 6) is 0. The van der Waals surface area contributed by atoms with E-state index in [0.29, 0.717) is 10.7 Å². The first-order valence-corrected chi connectivity index (χ1v) is 7.01. The number of alkyl halides is 3. The van der Waals surface area contributed by atoms with Gasteiger partial charge in [0.2, 0.25) is 0 Å². The number of rotatable bonds is 2. The normalized spacial score (nSPS) is 17.6. The summed E-state index contributed by atoms with van der Waals surface area (Å²) in [4.78, 5) is 0. The molecule has 0 radical (unpaired) electrons. The van der Waals surface area contributed by atoms with E-state index in [1.807, 2.05) is 18.2 Å². The van der Waals surface area contributed by atoms with Crippen molar-refractivity contribution in [1.82, 2.24) is 0 Å². The predicted octanol–water partition coefficient (Wildman–Crippen LogP) is 4.94. The van der Waals surface area contributed by atoms with Crippen molar-refractivity contribution in [1.29, 1.82) is 0 Å². The molecule has 0 amide bonds. The molecule has 2 aromatic carbocycles. The number of hydrogen-bond acceptors (Lipinski definition) is 1. The fourth-order valence-corrected chi connectivity index (χ4v) is 2.87. The SMILES string of the molecule is FC(F)(F)c1ccc(NC2Cc3ccc(Cl)cc3C2)cc1. The van der Waals surface area contributed by atoms with Gasteiger partial charge in [0.15, 0.2) is 0 Å². The molecule has 0 fully saturated rings. The van der Waals surface area contributed by atoms with E-state index in [4.69, 9.17) is 11.6 Å². The average molecular weight is 312 g/mol. The first-order chi connectivity index (χ1) is 9.91. The summed E-state index contributed by atoms with van der Waals surface area (Å²) in [6.45, 7) is 0. The van der Waals surface area contributed by atoms with E-state index >= 15 is 0 Å². The molecule has 3 rings (SSSR count). The van der Waals surface area contributed by atoms with E-state index in [-0.39, 0.29) is 6.04 Å². The molecule has 0 aliphatic heterocycles. The first kappa shape index (κ1) is 14.3. The second-order valence-electron chi connectivity index (χ2n) is 5.24. The summed E-state index contributed by atoms with van der Waals surface area (Å²) < 4.78 is 37.5. The van der Waals surface area contributed by atoms with E-state index in [9.17, 15) is 13.2 Å². The van der Waals surface area contributed by atoms with E-state index in [0.717, 1.165) is 25.0 Å². The quantitative estimate of drug-likeness (QED) is 0.828. The molecule has 1 unspecified atom stereocenters. The lowest BCUT2D eigenvalue weighted by Crippen LogP contribution is -2.19. The molecular weight excluding hydrogens is 299 g/mol. The molecule has 1 nitrogen and oxygen atoms in total. The lowest BCUT2D eigenvalue weighted by molar-refractivity contribution is -0.137. The Morgan fingerprint density at radius 1 is 0.952 bits per heavy atom. The minimum Gasteiger partial charge on any atom is -0.382 e. The Balaban J connectivity index is 1.69. The van der Waals surface area contributed by atoms with Crippen molar-refractivity contribution in [2.45, 2.75) is 25.1 Å².